The van der Waals surface area contributed by atoms with Crippen LogP contribution in [0.1, 0.15) is 33.2 Å². The molecular formula is C58H42BN5OPt. The van der Waals surface area contributed by atoms with Crippen LogP contribution < -0.4 is 19.8 Å². The van der Waals surface area contributed by atoms with Gasteiger partial charge in [0.05, 0.1) is 0 Å². The Balaban J connectivity index is 0.986. The van der Waals surface area contributed by atoms with E-state index in [1.54, 1.807) is 0 Å². The maximum atomic E-state index is 9.11. The molecule has 0 atom stereocenters. The number of hydrogen-bond donors (Lipinski definition) is 0. The van der Waals surface area contributed by atoms with Crippen molar-refractivity contribution < 1.29 is 30.9 Å². The molecule has 0 bridgehead atoms. The first-order valence-corrected chi connectivity index (χ1v) is 23.2. The Morgan fingerprint density at radius 2 is 1.17 bits per heavy atom. The quantitative estimate of drug-likeness (QED) is 0.156. The fourth-order valence-electron chi connectivity index (χ4n) is 10.4. The van der Waals surface area contributed by atoms with Gasteiger partial charge in [0.25, 0.3) is 0 Å². The predicted octanol–water partition coefficient (Wildman–Crippen LogP) is 14.0. The zero-order valence-corrected chi connectivity index (χ0v) is 38.5. The Labute approximate surface area is 402 Å². The van der Waals surface area contributed by atoms with Gasteiger partial charge >= 0.3 is 333 Å². The number of nitrogens with zero attached hydrogens (tertiary/aromatic N) is 5. The molecule has 0 saturated carbocycles. The van der Waals surface area contributed by atoms with E-state index in [9.17, 15) is 0 Å². The first-order valence-electron chi connectivity index (χ1n) is 24.6. The summed E-state index contributed by atoms with van der Waals surface area (Å²) in [6.45, 7) is 6.62. The van der Waals surface area contributed by atoms with Crippen molar-refractivity contribution in [2.45, 2.75) is 26.2 Å². The number of hydrogen-bond acceptors (Lipinski definition) is 4. The standard InChI is InChI=1S/C58H42BN5O.Pt/c1-58(2,3)47-36-53(60-57-54(47)46-29-18-28-45-44-25-10-11-30-48(44)63-51-33-14-15-34-52(51)64(57)59(63)55(45)46)65-41-24-16-23-40(35-41)61-37-62(50-32-13-12-31-49(50)61)56-42(38-19-6-4-7-20-38)26-17-27-43(56)39-21-8-5-9-22-39;/h4-36H,1-3H3;/i4D,6D,7D,19D,20D;. The molecule has 318 valence electrons. The van der Waals surface area contributed by atoms with E-state index in [1.807, 2.05) is 78.9 Å². The van der Waals surface area contributed by atoms with E-state index >= 15 is 0 Å². The van der Waals surface area contributed by atoms with Crippen molar-refractivity contribution in [2.24, 2.45) is 0 Å². The number of imidazole rings is 1. The van der Waals surface area contributed by atoms with Crippen molar-refractivity contribution in [3.05, 3.63) is 209 Å². The molecule has 0 saturated heterocycles. The molecule has 13 rings (SSSR count). The molecule has 8 heteroatoms. The van der Waals surface area contributed by atoms with E-state index in [-0.39, 0.29) is 42.1 Å². The topological polar surface area (TPSA) is 38.5 Å². The zero-order valence-electron chi connectivity index (χ0n) is 41.2. The molecule has 0 amide bonds. The number of benzene rings is 8. The Morgan fingerprint density at radius 3 is 1.92 bits per heavy atom. The number of fused-ring (bicyclic) bond motifs is 10. The Bertz CT molecular complexity index is 3950. The second kappa shape index (κ2) is 14.8. The van der Waals surface area contributed by atoms with Gasteiger partial charge in [-0.3, -0.25) is 0 Å². The van der Waals surface area contributed by atoms with Crippen LogP contribution in [0.25, 0.3) is 66.9 Å². The SMILES string of the molecule is [2H]c1c([2H])c([2H])c(-c2cccc(-c3ccccc3)c2-n2[c](=[Pt])n(-c3cccc(Oc4cc(C(C)(C)C)c5c(n4)N4B6c7c(cccc7-5)-c5ccccc5N6c5ccccc54)c3)c3ccccc32)c([2H])c1[2H]. The van der Waals surface area contributed by atoms with Crippen LogP contribution in [-0.4, -0.2) is 21.1 Å². The van der Waals surface area contributed by atoms with Gasteiger partial charge in [0.15, 0.2) is 0 Å². The third-order valence-corrected chi connectivity index (χ3v) is 14.1. The van der Waals surface area contributed by atoms with Crippen LogP contribution in [0, 0.1) is 3.80 Å². The van der Waals surface area contributed by atoms with Gasteiger partial charge in [-0.15, -0.1) is 0 Å². The summed E-state index contributed by atoms with van der Waals surface area (Å²) in [4.78, 5) is 10.4. The molecule has 2 aromatic heterocycles. The molecule has 5 heterocycles. The van der Waals surface area contributed by atoms with Crippen LogP contribution in [0.2, 0.25) is 0 Å². The van der Waals surface area contributed by atoms with E-state index in [4.69, 9.17) is 16.6 Å². The van der Waals surface area contributed by atoms with Gasteiger partial charge in [0.1, 0.15) is 0 Å². The van der Waals surface area contributed by atoms with Gasteiger partial charge in [-0.05, 0) is 17.7 Å². The molecule has 0 spiro atoms. The molecule has 3 aliphatic heterocycles. The average Bonchev–Trinajstić information content (AvgIpc) is 3.90. The third-order valence-electron chi connectivity index (χ3n) is 13.1. The van der Waals surface area contributed by atoms with Crippen LogP contribution in [0.5, 0.6) is 11.6 Å². The summed E-state index contributed by atoms with van der Waals surface area (Å²) in [5.41, 5.74) is 16.0. The summed E-state index contributed by atoms with van der Waals surface area (Å²) in [6, 6.07) is 56.3. The summed E-state index contributed by atoms with van der Waals surface area (Å²) in [5.74, 6) is 1.94. The Kier molecular flexibility index (Phi) is 7.61. The van der Waals surface area contributed by atoms with E-state index in [2.05, 4.69) is 150 Å². The monoisotopic (exact) mass is 1040 g/mol. The van der Waals surface area contributed by atoms with Gasteiger partial charge in [-0.25, -0.2) is 0 Å². The molecule has 8 aromatic carbocycles. The van der Waals surface area contributed by atoms with Crippen LogP contribution >= 0.6 is 0 Å². The normalized spacial score (nSPS) is 14.1. The van der Waals surface area contributed by atoms with Crippen molar-refractivity contribution in [3.8, 4) is 67.5 Å². The van der Waals surface area contributed by atoms with Crippen LogP contribution in [0.4, 0.5) is 22.9 Å². The van der Waals surface area contributed by atoms with E-state index in [1.165, 1.54) is 27.8 Å². The van der Waals surface area contributed by atoms with Gasteiger partial charge < -0.3 is 0 Å². The van der Waals surface area contributed by atoms with Gasteiger partial charge in [-0.1, -0.05) is 42.5 Å². The molecule has 6 nitrogen and oxygen atoms in total. The number of ether oxygens (including phenoxy) is 1. The minimum absolute atomic E-state index is 0.133. The first-order chi connectivity index (χ1) is 34.4. The van der Waals surface area contributed by atoms with Crippen LogP contribution in [0.15, 0.2) is 200 Å². The second-order valence-corrected chi connectivity index (χ2v) is 18.9. The van der Waals surface area contributed by atoms with Crippen molar-refractivity contribution in [2.75, 3.05) is 9.62 Å². The second-order valence-electron chi connectivity index (χ2n) is 17.9. The Hall–Kier alpha value is -7.47. The summed E-state index contributed by atoms with van der Waals surface area (Å²) >= 11 is 2.35. The molecule has 3 aliphatic rings. The Morgan fingerprint density at radius 1 is 0.561 bits per heavy atom. The number of para-hydroxylation sites is 6. The van der Waals surface area contributed by atoms with Crippen molar-refractivity contribution in [3.63, 3.8) is 0 Å². The molecule has 0 radical (unpaired) electrons. The maximum absolute atomic E-state index is 9.11. The van der Waals surface area contributed by atoms with Crippen molar-refractivity contribution in [1.82, 2.24) is 14.1 Å². The number of anilines is 4. The van der Waals surface area contributed by atoms with Crippen LogP contribution in [-0.2, 0) is 24.8 Å². The van der Waals surface area contributed by atoms with E-state index in [0.29, 0.717) is 22.9 Å². The molecule has 0 N–H and O–H groups in total. The van der Waals surface area contributed by atoms with Gasteiger partial charge in [0.2, 0.25) is 0 Å². The van der Waals surface area contributed by atoms with Crippen LogP contribution in [0.3, 0.4) is 0 Å². The fourth-order valence-corrected chi connectivity index (χ4v) is 11.5. The summed E-state index contributed by atoms with van der Waals surface area (Å²) in [5, 5.41) is 0. The molecule has 66 heavy (non-hydrogen) atoms. The van der Waals surface area contributed by atoms with Gasteiger partial charge in [0, 0.05) is 11.3 Å². The molecule has 10 aromatic rings. The molecule has 0 fully saturated rings. The number of aromatic nitrogens is 3. The summed E-state index contributed by atoms with van der Waals surface area (Å²) in [6.07, 6.45) is 0. The van der Waals surface area contributed by atoms with Gasteiger partial charge in [-0.2, -0.15) is 0 Å². The third kappa shape index (κ3) is 5.79. The zero-order chi connectivity index (χ0) is 48.6. The summed E-state index contributed by atoms with van der Waals surface area (Å²) < 4.78 is 56.0. The average molecular weight is 1040 g/mol. The van der Waals surface area contributed by atoms with Crippen molar-refractivity contribution in [1.29, 1.82) is 0 Å². The summed E-state index contributed by atoms with van der Waals surface area (Å²) in [7, 11) is 0. The minimum atomic E-state index is -0.432. The molecule has 0 unspecified atom stereocenters. The fraction of sp³-hybridized carbons (Fsp3) is 0.0690. The predicted molar refractivity (Wildman–Crippen MR) is 267 cm³/mol. The molecule has 0 aliphatic carbocycles. The van der Waals surface area contributed by atoms with E-state index in [0.717, 1.165) is 60.0 Å². The molecular weight excluding hydrogens is 989 g/mol. The van der Waals surface area contributed by atoms with Crippen molar-refractivity contribution >= 4 is 46.4 Å². The van der Waals surface area contributed by atoms with E-state index < -0.39 is 6.04 Å². The number of pyridine rings is 1. The first kappa shape index (κ1) is 34.0. The number of rotatable bonds is 6.